The third-order valence-electron chi connectivity index (χ3n) is 2.76. The fourth-order valence-electron chi connectivity index (χ4n) is 1.40. The summed E-state index contributed by atoms with van der Waals surface area (Å²) >= 11 is 1.94. The summed E-state index contributed by atoms with van der Waals surface area (Å²) in [5, 5.41) is 8.60. The van der Waals surface area contributed by atoms with Crippen LogP contribution in [-0.2, 0) is 0 Å². The standard InChI is InChI=1S/C16H22O2S/c1-3-14(2)13-19-12-11-18-16-8-6-15(7-9-16)5-4-10-17/h6-9,14,17H,3,10-13H2,1-2H3. The summed E-state index contributed by atoms with van der Waals surface area (Å²) in [5.41, 5.74) is 0.896. The van der Waals surface area contributed by atoms with Gasteiger partial charge in [0.25, 0.3) is 0 Å². The first kappa shape index (κ1) is 15.9. The van der Waals surface area contributed by atoms with Crippen molar-refractivity contribution in [3.8, 4) is 17.6 Å². The number of hydrogen-bond acceptors (Lipinski definition) is 3. The number of ether oxygens (including phenoxy) is 1. The molecule has 0 aliphatic carbocycles. The van der Waals surface area contributed by atoms with Gasteiger partial charge >= 0.3 is 0 Å². The molecule has 3 heteroatoms. The van der Waals surface area contributed by atoms with Crippen molar-refractivity contribution in [2.45, 2.75) is 20.3 Å². The van der Waals surface area contributed by atoms with Crippen LogP contribution in [0, 0.1) is 17.8 Å². The molecule has 1 aromatic rings. The molecule has 0 aliphatic rings. The van der Waals surface area contributed by atoms with Gasteiger partial charge in [-0.1, -0.05) is 32.1 Å². The van der Waals surface area contributed by atoms with E-state index in [1.54, 1.807) is 0 Å². The maximum Gasteiger partial charge on any atom is 0.119 e. The Hall–Kier alpha value is -1.11. The summed E-state index contributed by atoms with van der Waals surface area (Å²) < 4.78 is 5.66. The lowest BCUT2D eigenvalue weighted by atomic mass is 10.2. The molecule has 0 radical (unpaired) electrons. The van der Waals surface area contributed by atoms with E-state index in [1.807, 2.05) is 36.0 Å². The second kappa shape index (κ2) is 9.77. The Bertz CT molecular complexity index is 403. The summed E-state index contributed by atoms with van der Waals surface area (Å²) in [6.07, 6.45) is 1.24. The summed E-state index contributed by atoms with van der Waals surface area (Å²) in [7, 11) is 0. The first-order chi connectivity index (χ1) is 9.26. The van der Waals surface area contributed by atoms with Crippen molar-refractivity contribution >= 4 is 11.8 Å². The van der Waals surface area contributed by atoms with Crippen molar-refractivity contribution in [3.63, 3.8) is 0 Å². The normalized spacial score (nSPS) is 11.5. The van der Waals surface area contributed by atoms with Crippen LogP contribution >= 0.6 is 11.8 Å². The van der Waals surface area contributed by atoms with Crippen molar-refractivity contribution in [2.75, 3.05) is 24.7 Å². The molecule has 0 saturated heterocycles. The Labute approximate surface area is 120 Å². The summed E-state index contributed by atoms with van der Waals surface area (Å²) in [6.45, 7) is 5.14. The molecular weight excluding hydrogens is 256 g/mol. The van der Waals surface area contributed by atoms with Crippen molar-refractivity contribution in [1.82, 2.24) is 0 Å². The van der Waals surface area contributed by atoms with E-state index in [0.29, 0.717) is 0 Å². The minimum atomic E-state index is -0.105. The second-order valence-corrected chi connectivity index (χ2v) is 5.57. The van der Waals surface area contributed by atoms with Crippen LogP contribution in [0.4, 0.5) is 0 Å². The van der Waals surface area contributed by atoms with Gasteiger partial charge in [-0.15, -0.1) is 0 Å². The highest BCUT2D eigenvalue weighted by atomic mass is 32.2. The molecule has 0 saturated carbocycles. The van der Waals surface area contributed by atoms with E-state index in [4.69, 9.17) is 9.84 Å². The zero-order valence-corrected chi connectivity index (χ0v) is 12.5. The number of thioether (sulfide) groups is 1. The molecule has 1 atom stereocenters. The quantitative estimate of drug-likeness (QED) is 0.613. The number of rotatable bonds is 7. The van der Waals surface area contributed by atoms with E-state index in [-0.39, 0.29) is 6.61 Å². The lowest BCUT2D eigenvalue weighted by Gasteiger charge is -2.09. The van der Waals surface area contributed by atoms with Gasteiger partial charge < -0.3 is 9.84 Å². The minimum absolute atomic E-state index is 0.105. The highest BCUT2D eigenvalue weighted by Crippen LogP contribution is 2.14. The van der Waals surface area contributed by atoms with Crippen LogP contribution in [0.3, 0.4) is 0 Å². The van der Waals surface area contributed by atoms with Gasteiger partial charge in [0.1, 0.15) is 12.4 Å². The number of hydrogen-bond donors (Lipinski definition) is 1. The summed E-state index contributed by atoms with van der Waals surface area (Å²) in [6, 6.07) is 7.65. The number of aliphatic hydroxyl groups excluding tert-OH is 1. The molecule has 0 fully saturated rings. The van der Waals surface area contributed by atoms with Crippen molar-refractivity contribution in [1.29, 1.82) is 0 Å². The molecule has 0 heterocycles. The first-order valence-corrected chi connectivity index (χ1v) is 7.82. The fraction of sp³-hybridized carbons (Fsp3) is 0.500. The fourth-order valence-corrected chi connectivity index (χ4v) is 2.40. The minimum Gasteiger partial charge on any atom is -0.493 e. The highest BCUT2D eigenvalue weighted by molar-refractivity contribution is 7.99. The number of aliphatic hydroxyl groups is 1. The average molecular weight is 278 g/mol. The third-order valence-corrected chi connectivity index (χ3v) is 4.02. The smallest absolute Gasteiger partial charge is 0.119 e. The van der Waals surface area contributed by atoms with Crippen LogP contribution in [0.2, 0.25) is 0 Å². The van der Waals surface area contributed by atoms with Gasteiger partial charge in [0, 0.05) is 11.3 Å². The zero-order chi connectivity index (χ0) is 13.9. The molecule has 104 valence electrons. The molecule has 1 aromatic carbocycles. The van der Waals surface area contributed by atoms with Crippen molar-refractivity contribution in [3.05, 3.63) is 29.8 Å². The van der Waals surface area contributed by atoms with Crippen LogP contribution in [0.5, 0.6) is 5.75 Å². The van der Waals surface area contributed by atoms with E-state index in [9.17, 15) is 0 Å². The Morgan fingerprint density at radius 1 is 1.32 bits per heavy atom. The van der Waals surface area contributed by atoms with Gasteiger partial charge in [-0.2, -0.15) is 11.8 Å². The van der Waals surface area contributed by atoms with E-state index in [2.05, 4.69) is 25.7 Å². The molecule has 0 aliphatic heterocycles. The molecule has 1 unspecified atom stereocenters. The summed E-state index contributed by atoms with van der Waals surface area (Å²) in [5.74, 6) is 9.37. The average Bonchev–Trinajstić information content (AvgIpc) is 2.45. The Kier molecular flexibility index (Phi) is 8.20. The molecule has 1 N–H and O–H groups in total. The van der Waals surface area contributed by atoms with Crippen LogP contribution in [0.25, 0.3) is 0 Å². The molecule has 0 spiro atoms. The van der Waals surface area contributed by atoms with Crippen molar-refractivity contribution in [2.24, 2.45) is 5.92 Å². The maximum absolute atomic E-state index is 8.60. The van der Waals surface area contributed by atoms with Crippen LogP contribution in [0.15, 0.2) is 24.3 Å². The van der Waals surface area contributed by atoms with Gasteiger partial charge in [0.15, 0.2) is 0 Å². The van der Waals surface area contributed by atoms with Gasteiger partial charge in [-0.25, -0.2) is 0 Å². The number of benzene rings is 1. The van der Waals surface area contributed by atoms with Crippen LogP contribution in [-0.4, -0.2) is 29.8 Å². The Morgan fingerprint density at radius 2 is 2.05 bits per heavy atom. The Balaban J connectivity index is 2.23. The topological polar surface area (TPSA) is 29.5 Å². The van der Waals surface area contributed by atoms with Gasteiger partial charge in [0.2, 0.25) is 0 Å². The van der Waals surface area contributed by atoms with E-state index < -0.39 is 0 Å². The van der Waals surface area contributed by atoms with Gasteiger partial charge in [-0.05, 0) is 35.9 Å². The molecule has 0 aromatic heterocycles. The van der Waals surface area contributed by atoms with Gasteiger partial charge in [0.05, 0.1) is 6.61 Å². The molecular formula is C16H22O2S. The predicted octanol–water partition coefficient (Wildman–Crippen LogP) is 3.19. The molecule has 2 nitrogen and oxygen atoms in total. The lowest BCUT2D eigenvalue weighted by molar-refractivity contribution is 0.344. The highest BCUT2D eigenvalue weighted by Gasteiger charge is 1.99. The van der Waals surface area contributed by atoms with Crippen molar-refractivity contribution < 1.29 is 9.84 Å². The summed E-state index contributed by atoms with van der Waals surface area (Å²) in [4.78, 5) is 0. The maximum atomic E-state index is 8.60. The van der Waals surface area contributed by atoms with Crippen LogP contribution in [0.1, 0.15) is 25.8 Å². The zero-order valence-electron chi connectivity index (χ0n) is 11.7. The second-order valence-electron chi connectivity index (χ2n) is 4.42. The predicted molar refractivity (Wildman–Crippen MR) is 82.7 cm³/mol. The third kappa shape index (κ3) is 7.15. The van der Waals surface area contributed by atoms with Gasteiger partial charge in [-0.3, -0.25) is 0 Å². The Morgan fingerprint density at radius 3 is 2.68 bits per heavy atom. The molecule has 0 amide bonds. The SMILES string of the molecule is CCC(C)CSCCOc1ccc(C#CCO)cc1. The van der Waals surface area contributed by atoms with E-state index >= 15 is 0 Å². The first-order valence-electron chi connectivity index (χ1n) is 6.66. The monoisotopic (exact) mass is 278 g/mol. The largest absolute Gasteiger partial charge is 0.493 e. The van der Waals surface area contributed by atoms with Crippen LogP contribution < -0.4 is 4.74 Å². The molecule has 19 heavy (non-hydrogen) atoms. The lowest BCUT2D eigenvalue weighted by Crippen LogP contribution is -2.03. The molecule has 0 bridgehead atoms. The molecule has 1 rings (SSSR count). The van der Waals surface area contributed by atoms with E-state index in [1.165, 1.54) is 12.2 Å². The van der Waals surface area contributed by atoms with E-state index in [0.717, 1.165) is 29.6 Å².